The summed E-state index contributed by atoms with van der Waals surface area (Å²) >= 11 is 0. The molecule has 0 aromatic heterocycles. The topological polar surface area (TPSA) is 80.4 Å². The van der Waals surface area contributed by atoms with E-state index < -0.39 is 7.36 Å². The van der Waals surface area contributed by atoms with Crippen molar-refractivity contribution in [1.82, 2.24) is 9.34 Å². The van der Waals surface area contributed by atoms with E-state index in [1.165, 1.54) is 38.5 Å². The molecular formula is C24H35N4O4P. The van der Waals surface area contributed by atoms with Crippen LogP contribution >= 0.6 is 7.36 Å². The number of nitrogens with zero attached hydrogens (tertiary/aromatic N) is 4. The number of nitro benzene ring substituents is 1. The average molecular weight is 475 g/mol. The van der Waals surface area contributed by atoms with E-state index in [2.05, 4.69) is 9.34 Å². The van der Waals surface area contributed by atoms with Gasteiger partial charge in [0.2, 0.25) is 0 Å². The number of rotatable bonds is 5. The van der Waals surface area contributed by atoms with E-state index in [0.29, 0.717) is 32.1 Å². The molecule has 1 aromatic carbocycles. The Bertz CT molecular complexity index is 900. The summed E-state index contributed by atoms with van der Waals surface area (Å²) in [5.41, 5.74) is 0.692. The summed E-state index contributed by atoms with van der Waals surface area (Å²) in [6.45, 7) is 6.29. The summed E-state index contributed by atoms with van der Waals surface area (Å²) in [6.07, 6.45) is 7.80. The van der Waals surface area contributed by atoms with Crippen molar-refractivity contribution < 1.29 is 14.4 Å². The van der Waals surface area contributed by atoms with Gasteiger partial charge in [-0.2, -0.15) is 0 Å². The lowest BCUT2D eigenvalue weighted by atomic mass is 9.56. The summed E-state index contributed by atoms with van der Waals surface area (Å²) in [7, 11) is -2.31. The Labute approximate surface area is 195 Å². The van der Waals surface area contributed by atoms with Crippen LogP contribution in [-0.2, 0) is 9.47 Å². The Morgan fingerprint density at radius 2 is 1.36 bits per heavy atom. The van der Waals surface area contributed by atoms with Gasteiger partial charge in [0.05, 0.1) is 31.4 Å². The van der Waals surface area contributed by atoms with Crippen LogP contribution in [0, 0.1) is 27.9 Å². The van der Waals surface area contributed by atoms with Crippen LogP contribution in [0.25, 0.3) is 0 Å². The zero-order chi connectivity index (χ0) is 22.5. The molecule has 0 radical (unpaired) electrons. The van der Waals surface area contributed by atoms with E-state index in [1.54, 1.807) is 12.1 Å². The summed E-state index contributed by atoms with van der Waals surface area (Å²) in [4.78, 5) is 11.7. The van der Waals surface area contributed by atoms with E-state index in [-0.39, 0.29) is 15.8 Å². The zero-order valence-corrected chi connectivity index (χ0v) is 20.2. The maximum atomic E-state index is 12.0. The maximum absolute atomic E-state index is 12.0. The fourth-order valence-electron chi connectivity index (χ4n) is 7.96. The molecule has 4 bridgehead atoms. The highest BCUT2D eigenvalue weighted by atomic mass is 31.2. The van der Waals surface area contributed by atoms with Gasteiger partial charge in [-0.25, -0.2) is 4.74 Å². The molecular weight excluding hydrogens is 439 g/mol. The number of hydrogen-bond acceptors (Lipinski definition) is 5. The van der Waals surface area contributed by atoms with Gasteiger partial charge in [-0.1, -0.05) is 12.1 Å². The monoisotopic (exact) mass is 474 g/mol. The van der Waals surface area contributed by atoms with Crippen molar-refractivity contribution in [1.29, 1.82) is 0 Å². The third kappa shape index (κ3) is 3.69. The third-order valence-corrected chi connectivity index (χ3v) is 13.4. The molecule has 33 heavy (non-hydrogen) atoms. The first-order valence-corrected chi connectivity index (χ1v) is 14.3. The first-order chi connectivity index (χ1) is 16.1. The lowest BCUT2D eigenvalue weighted by molar-refractivity contribution is -0.384. The van der Waals surface area contributed by atoms with Crippen LogP contribution in [0.3, 0.4) is 0 Å². The van der Waals surface area contributed by atoms with Gasteiger partial charge >= 0.3 is 0 Å². The van der Waals surface area contributed by atoms with Crippen LogP contribution in [-0.4, -0.2) is 72.0 Å². The number of ether oxygens (including phenoxy) is 2. The minimum Gasteiger partial charge on any atom is -0.379 e. The van der Waals surface area contributed by atoms with E-state index in [1.807, 2.05) is 12.1 Å². The highest BCUT2D eigenvalue weighted by Crippen LogP contribution is 2.77. The van der Waals surface area contributed by atoms with E-state index in [0.717, 1.165) is 43.9 Å². The van der Waals surface area contributed by atoms with E-state index >= 15 is 0 Å². The van der Waals surface area contributed by atoms with Gasteiger partial charge in [-0.15, -0.1) is 0 Å². The fraction of sp³-hybridized carbons (Fsp3) is 0.750. The van der Waals surface area contributed by atoms with E-state index in [4.69, 9.17) is 14.2 Å². The van der Waals surface area contributed by atoms with Crippen LogP contribution < -0.4 is 0 Å². The minimum atomic E-state index is -2.31. The second kappa shape index (κ2) is 8.72. The standard InChI is InChI=1S/C24H35N4O4P/c29-28(30)23-4-2-1-3-22(23)25-33(26-5-9-31-10-6-26,27-7-11-32-12-8-27)24-16-19-13-20(17-24)15-21(14-19)18-24/h1-4,19-21H,5-18H2. The van der Waals surface area contributed by atoms with E-state index in [9.17, 15) is 10.1 Å². The molecule has 0 spiro atoms. The van der Waals surface area contributed by atoms with Gasteiger partial charge < -0.3 is 9.47 Å². The quantitative estimate of drug-likeness (QED) is 0.343. The van der Waals surface area contributed by atoms with Crippen molar-refractivity contribution in [3.05, 3.63) is 34.4 Å². The number of hydrogen-bond donors (Lipinski definition) is 0. The first kappa shape index (κ1) is 22.2. The zero-order valence-electron chi connectivity index (χ0n) is 19.3. The lowest BCUT2D eigenvalue weighted by Gasteiger charge is -2.65. The summed E-state index contributed by atoms with van der Waals surface area (Å²) in [5, 5.41) is 12.1. The predicted octanol–water partition coefficient (Wildman–Crippen LogP) is 4.89. The molecule has 6 aliphatic rings. The van der Waals surface area contributed by atoms with Crippen LogP contribution in [0.4, 0.5) is 11.4 Å². The van der Waals surface area contributed by atoms with Gasteiger partial charge in [-0.05, 0) is 62.3 Å². The number of morpholine rings is 2. The minimum absolute atomic E-state index is 0.125. The smallest absolute Gasteiger partial charge is 0.294 e. The normalized spacial score (nSPS) is 35.0. The number of para-hydroxylation sites is 1. The molecule has 7 rings (SSSR count). The molecule has 0 unspecified atom stereocenters. The summed E-state index contributed by atoms with van der Waals surface area (Å²) in [5.74, 6) is 2.37. The van der Waals surface area contributed by atoms with Crippen molar-refractivity contribution in [3.8, 4) is 0 Å². The van der Waals surface area contributed by atoms with Crippen LogP contribution in [0.5, 0.6) is 0 Å². The predicted molar refractivity (Wildman–Crippen MR) is 128 cm³/mol. The van der Waals surface area contributed by atoms with Crippen molar-refractivity contribution in [3.63, 3.8) is 0 Å². The molecule has 2 aliphatic heterocycles. The molecule has 2 saturated heterocycles. The molecule has 1 aromatic rings. The average Bonchev–Trinajstić information content (AvgIpc) is 2.83. The van der Waals surface area contributed by atoms with Gasteiger partial charge in [0, 0.05) is 37.4 Å². The SMILES string of the molecule is O=[N+]([O-])c1ccccc1N=P(N1CCOCC1)(N1CCOCC1)C12CC3CC(CC(C3)C1)C2. The Morgan fingerprint density at radius 3 is 1.85 bits per heavy atom. The molecule has 0 atom stereocenters. The molecule has 0 N–H and O–H groups in total. The number of benzene rings is 1. The van der Waals surface area contributed by atoms with Gasteiger partial charge in [0.15, 0.2) is 0 Å². The molecule has 9 heteroatoms. The highest BCUT2D eigenvalue weighted by Gasteiger charge is 2.61. The van der Waals surface area contributed by atoms with Crippen LogP contribution in [0.15, 0.2) is 29.0 Å². The maximum Gasteiger partial charge on any atom is 0.294 e. The molecule has 6 fully saturated rings. The lowest BCUT2D eigenvalue weighted by Crippen LogP contribution is -2.57. The molecule has 8 nitrogen and oxygen atoms in total. The molecule has 4 saturated carbocycles. The number of nitro groups is 1. The van der Waals surface area contributed by atoms with Crippen molar-refractivity contribution in [2.24, 2.45) is 22.5 Å². The Hall–Kier alpha value is -1.31. The van der Waals surface area contributed by atoms with Crippen LogP contribution in [0.2, 0.25) is 0 Å². The first-order valence-electron chi connectivity index (χ1n) is 12.6. The highest BCUT2D eigenvalue weighted by molar-refractivity contribution is 7.63. The Balaban J connectivity index is 1.59. The Kier molecular flexibility index (Phi) is 5.86. The second-order valence-electron chi connectivity index (χ2n) is 10.7. The largest absolute Gasteiger partial charge is 0.379 e. The third-order valence-electron chi connectivity index (χ3n) is 8.73. The molecule has 4 aliphatic carbocycles. The molecule has 0 amide bonds. The van der Waals surface area contributed by atoms with Gasteiger partial charge in [0.1, 0.15) is 13.0 Å². The summed E-state index contributed by atoms with van der Waals surface area (Å²) < 4.78 is 22.5. The van der Waals surface area contributed by atoms with Crippen molar-refractivity contribution >= 4 is 18.7 Å². The second-order valence-corrected chi connectivity index (χ2v) is 14.1. The van der Waals surface area contributed by atoms with Gasteiger partial charge in [-0.3, -0.25) is 19.5 Å². The van der Waals surface area contributed by atoms with Crippen molar-refractivity contribution in [2.45, 2.75) is 43.7 Å². The fourth-order valence-corrected chi connectivity index (χ4v) is 13.4. The van der Waals surface area contributed by atoms with Crippen molar-refractivity contribution in [2.75, 3.05) is 52.6 Å². The Morgan fingerprint density at radius 1 is 0.879 bits per heavy atom. The summed E-state index contributed by atoms with van der Waals surface area (Å²) in [6, 6.07) is 7.14. The molecule has 2 heterocycles. The van der Waals surface area contributed by atoms with Crippen LogP contribution in [0.1, 0.15) is 38.5 Å². The molecule has 180 valence electrons. The van der Waals surface area contributed by atoms with Gasteiger partial charge in [0.25, 0.3) is 5.69 Å².